The van der Waals surface area contributed by atoms with E-state index < -0.39 is 0 Å². The van der Waals surface area contributed by atoms with E-state index in [2.05, 4.69) is 25.3 Å². The van der Waals surface area contributed by atoms with Crippen molar-refractivity contribution in [3.05, 3.63) is 29.3 Å². The Morgan fingerprint density at radius 3 is 3.08 bits per heavy atom. The standard InChI is InChI=1S/C10H12NO/c1-8-3-4-10-9(5-8)6-11(2)7-12-10/h3-6H,7H2,1-2H3/q+1. The van der Waals surface area contributed by atoms with Crippen LogP contribution in [0.5, 0.6) is 5.75 Å². The zero-order valence-electron chi connectivity index (χ0n) is 7.37. The van der Waals surface area contributed by atoms with E-state index in [0.717, 1.165) is 5.75 Å². The van der Waals surface area contributed by atoms with Crippen LogP contribution in [0.4, 0.5) is 0 Å². The lowest BCUT2D eigenvalue weighted by atomic mass is 10.1. The van der Waals surface area contributed by atoms with E-state index in [1.54, 1.807) is 0 Å². The Labute approximate surface area is 72.1 Å². The van der Waals surface area contributed by atoms with Crippen molar-refractivity contribution >= 4 is 6.21 Å². The molecule has 0 aromatic heterocycles. The van der Waals surface area contributed by atoms with E-state index in [1.807, 2.05) is 17.7 Å². The third-order valence-electron chi connectivity index (χ3n) is 1.95. The van der Waals surface area contributed by atoms with Gasteiger partial charge in [-0.3, -0.25) is 0 Å². The van der Waals surface area contributed by atoms with Crippen LogP contribution < -0.4 is 4.74 Å². The first kappa shape index (κ1) is 7.35. The third kappa shape index (κ3) is 1.20. The molecule has 62 valence electrons. The van der Waals surface area contributed by atoms with Crippen molar-refractivity contribution in [2.75, 3.05) is 13.8 Å². The molecule has 1 aromatic carbocycles. The van der Waals surface area contributed by atoms with Crippen molar-refractivity contribution < 1.29 is 9.31 Å². The number of benzene rings is 1. The second-order valence-corrected chi connectivity index (χ2v) is 3.20. The van der Waals surface area contributed by atoms with Crippen LogP contribution in [-0.2, 0) is 0 Å². The Bertz CT molecular complexity index is 342. The van der Waals surface area contributed by atoms with Crippen molar-refractivity contribution in [3.63, 3.8) is 0 Å². The van der Waals surface area contributed by atoms with Gasteiger partial charge in [0.05, 0.1) is 5.56 Å². The molecular formula is C10H12NO+. The molecule has 0 unspecified atom stereocenters. The molecule has 2 rings (SSSR count). The molecule has 2 nitrogen and oxygen atoms in total. The molecule has 0 fully saturated rings. The van der Waals surface area contributed by atoms with Crippen LogP contribution in [0.1, 0.15) is 11.1 Å². The van der Waals surface area contributed by atoms with Crippen LogP contribution in [0.25, 0.3) is 0 Å². The van der Waals surface area contributed by atoms with Gasteiger partial charge < -0.3 is 4.74 Å². The van der Waals surface area contributed by atoms with Gasteiger partial charge in [-0.2, -0.15) is 0 Å². The van der Waals surface area contributed by atoms with Crippen LogP contribution >= 0.6 is 0 Å². The smallest absolute Gasteiger partial charge is 0.286 e. The molecule has 1 aliphatic heterocycles. The lowest BCUT2D eigenvalue weighted by molar-refractivity contribution is -0.528. The quantitative estimate of drug-likeness (QED) is 0.525. The van der Waals surface area contributed by atoms with Crippen LogP contribution in [0.2, 0.25) is 0 Å². The maximum absolute atomic E-state index is 5.49. The molecule has 12 heavy (non-hydrogen) atoms. The fourth-order valence-electron chi connectivity index (χ4n) is 1.35. The zero-order chi connectivity index (χ0) is 8.55. The highest BCUT2D eigenvalue weighted by atomic mass is 16.5. The van der Waals surface area contributed by atoms with Gasteiger partial charge in [0, 0.05) is 0 Å². The molecule has 1 heterocycles. The fraction of sp³-hybridized carbons (Fsp3) is 0.300. The average Bonchev–Trinajstić information content (AvgIpc) is 2.03. The minimum atomic E-state index is 0.649. The summed E-state index contributed by atoms with van der Waals surface area (Å²) >= 11 is 0. The van der Waals surface area contributed by atoms with Gasteiger partial charge in [-0.1, -0.05) is 11.6 Å². The second-order valence-electron chi connectivity index (χ2n) is 3.20. The summed E-state index contributed by atoms with van der Waals surface area (Å²) in [6.07, 6.45) is 2.10. The Balaban J connectivity index is 2.53. The molecule has 1 aromatic rings. The summed E-state index contributed by atoms with van der Waals surface area (Å²) < 4.78 is 7.51. The Morgan fingerprint density at radius 2 is 2.25 bits per heavy atom. The first-order chi connectivity index (χ1) is 5.75. The number of aryl methyl sites for hydroxylation is 1. The van der Waals surface area contributed by atoms with E-state index in [0.29, 0.717) is 6.73 Å². The van der Waals surface area contributed by atoms with E-state index in [1.165, 1.54) is 11.1 Å². The molecular weight excluding hydrogens is 150 g/mol. The molecule has 0 radical (unpaired) electrons. The number of rotatable bonds is 0. The summed E-state index contributed by atoms with van der Waals surface area (Å²) in [6, 6.07) is 6.22. The number of hydrogen-bond acceptors (Lipinski definition) is 1. The van der Waals surface area contributed by atoms with Crippen molar-refractivity contribution in [1.82, 2.24) is 0 Å². The highest BCUT2D eigenvalue weighted by Gasteiger charge is 2.12. The molecule has 0 saturated heterocycles. The van der Waals surface area contributed by atoms with Crippen LogP contribution in [0.3, 0.4) is 0 Å². The summed E-state index contributed by atoms with van der Waals surface area (Å²) in [5.41, 5.74) is 2.44. The lowest BCUT2D eigenvalue weighted by Crippen LogP contribution is -2.20. The highest BCUT2D eigenvalue weighted by molar-refractivity contribution is 5.80. The number of ether oxygens (including phenoxy) is 1. The molecule has 0 spiro atoms. The van der Waals surface area contributed by atoms with E-state index in [9.17, 15) is 0 Å². The number of fused-ring (bicyclic) bond motifs is 1. The summed E-state index contributed by atoms with van der Waals surface area (Å²) in [5.74, 6) is 0.985. The first-order valence-corrected chi connectivity index (χ1v) is 4.04. The maximum atomic E-state index is 5.49. The van der Waals surface area contributed by atoms with Crippen molar-refractivity contribution in [2.45, 2.75) is 6.92 Å². The predicted octanol–water partition coefficient (Wildman–Crippen LogP) is 1.41. The van der Waals surface area contributed by atoms with E-state index in [4.69, 9.17) is 4.74 Å². The molecule has 1 aliphatic rings. The van der Waals surface area contributed by atoms with Gasteiger partial charge >= 0.3 is 0 Å². The lowest BCUT2D eigenvalue weighted by Gasteiger charge is -2.11. The van der Waals surface area contributed by atoms with Crippen LogP contribution in [0, 0.1) is 6.92 Å². The topological polar surface area (TPSA) is 12.2 Å². The highest BCUT2D eigenvalue weighted by Crippen LogP contribution is 2.19. The minimum Gasteiger partial charge on any atom is -0.435 e. The molecule has 0 bridgehead atoms. The molecule has 0 amide bonds. The van der Waals surface area contributed by atoms with Gasteiger partial charge in [-0.25, -0.2) is 4.58 Å². The van der Waals surface area contributed by atoms with Gasteiger partial charge in [0.2, 0.25) is 0 Å². The Hall–Kier alpha value is -1.31. The SMILES string of the molecule is Cc1ccc2c(c1)C=[N+](C)CO2. The summed E-state index contributed by atoms with van der Waals surface area (Å²) in [6.45, 7) is 2.73. The van der Waals surface area contributed by atoms with Gasteiger partial charge in [0.25, 0.3) is 6.73 Å². The molecule has 0 saturated carbocycles. The van der Waals surface area contributed by atoms with Gasteiger partial charge in [0.1, 0.15) is 12.8 Å². The van der Waals surface area contributed by atoms with E-state index in [-0.39, 0.29) is 0 Å². The second kappa shape index (κ2) is 2.63. The predicted molar refractivity (Wildman–Crippen MR) is 48.0 cm³/mol. The van der Waals surface area contributed by atoms with Crippen molar-refractivity contribution in [2.24, 2.45) is 0 Å². The normalized spacial score (nSPS) is 14.7. The van der Waals surface area contributed by atoms with E-state index >= 15 is 0 Å². The van der Waals surface area contributed by atoms with Crippen molar-refractivity contribution in [3.8, 4) is 5.75 Å². The third-order valence-corrected chi connectivity index (χ3v) is 1.95. The van der Waals surface area contributed by atoms with Crippen LogP contribution in [0.15, 0.2) is 18.2 Å². The number of nitrogens with zero attached hydrogens (tertiary/aromatic N) is 1. The largest absolute Gasteiger partial charge is 0.435 e. The first-order valence-electron chi connectivity index (χ1n) is 4.04. The molecule has 0 atom stereocenters. The molecule has 0 aliphatic carbocycles. The van der Waals surface area contributed by atoms with Gasteiger partial charge in [-0.05, 0) is 19.1 Å². The Kier molecular flexibility index (Phi) is 1.61. The maximum Gasteiger partial charge on any atom is 0.286 e. The molecule has 2 heteroatoms. The molecule has 0 N–H and O–H groups in total. The van der Waals surface area contributed by atoms with Gasteiger partial charge in [-0.15, -0.1) is 0 Å². The zero-order valence-corrected chi connectivity index (χ0v) is 7.37. The average molecular weight is 162 g/mol. The summed E-state index contributed by atoms with van der Waals surface area (Å²) in [7, 11) is 2.01. The number of hydrogen-bond donors (Lipinski definition) is 0. The fourth-order valence-corrected chi connectivity index (χ4v) is 1.35. The van der Waals surface area contributed by atoms with Crippen molar-refractivity contribution in [1.29, 1.82) is 0 Å². The minimum absolute atomic E-state index is 0.649. The van der Waals surface area contributed by atoms with Crippen LogP contribution in [-0.4, -0.2) is 24.6 Å². The summed E-state index contributed by atoms with van der Waals surface area (Å²) in [5, 5.41) is 0. The monoisotopic (exact) mass is 162 g/mol. The summed E-state index contributed by atoms with van der Waals surface area (Å²) in [4.78, 5) is 0. The Morgan fingerprint density at radius 1 is 1.42 bits per heavy atom. The van der Waals surface area contributed by atoms with Gasteiger partial charge in [0.15, 0.2) is 6.21 Å².